The van der Waals surface area contributed by atoms with E-state index < -0.39 is 20.0 Å². The van der Waals surface area contributed by atoms with Crippen molar-refractivity contribution in [3.63, 3.8) is 0 Å². The molecule has 0 saturated heterocycles. The number of hydrogen-bond acceptors (Lipinski definition) is 8. The van der Waals surface area contributed by atoms with E-state index in [1.807, 2.05) is 24.3 Å². The molecule has 0 saturated carbocycles. The number of primary sulfonamides is 2. The number of rotatable bonds is 8. The van der Waals surface area contributed by atoms with E-state index in [1.165, 1.54) is 36.4 Å². The van der Waals surface area contributed by atoms with Gasteiger partial charge < -0.3 is 4.74 Å². The fourth-order valence-corrected chi connectivity index (χ4v) is 4.30. The Bertz CT molecular complexity index is 1610. The molecule has 4 rings (SSSR count). The molecule has 0 fully saturated rings. The molecule has 0 spiro atoms. The molecule has 13 heteroatoms. The molecular weight excluding hydrogens is 504 g/mol. The molecule has 0 radical (unpaired) electrons. The molecule has 1 aromatic heterocycles. The Morgan fingerprint density at radius 2 is 1.42 bits per heavy atom. The summed E-state index contributed by atoms with van der Waals surface area (Å²) in [5.74, 6) is 0.691. The van der Waals surface area contributed by atoms with Crippen LogP contribution in [0.1, 0.15) is 5.56 Å². The number of nitrogens with two attached hydrogens (primary N) is 2. The standard InChI is InChI=1S/C23H22N6O5S2/c1-34-20-8-2-16(3-9-20)23-17(14-26-27-18-4-10-21(11-5-18)35(24,30)31)15-29(28-23)19-6-12-22(13-7-19)36(25,32)33/h2-15,27H,1H3,(H2,24,30,31)(H2,25,32,33)/b26-14-. The van der Waals surface area contributed by atoms with E-state index in [4.69, 9.17) is 15.0 Å². The Kier molecular flexibility index (Phi) is 6.90. The molecule has 0 aliphatic rings. The van der Waals surface area contributed by atoms with Crippen LogP contribution in [-0.2, 0) is 20.0 Å². The zero-order chi connectivity index (χ0) is 25.9. The number of hydrazone groups is 1. The van der Waals surface area contributed by atoms with Crippen molar-refractivity contribution in [1.82, 2.24) is 9.78 Å². The third-order valence-corrected chi connectivity index (χ3v) is 6.97. The summed E-state index contributed by atoms with van der Waals surface area (Å²) in [6.07, 6.45) is 3.30. The predicted molar refractivity (Wildman–Crippen MR) is 136 cm³/mol. The van der Waals surface area contributed by atoms with E-state index >= 15 is 0 Å². The lowest BCUT2D eigenvalue weighted by Gasteiger charge is -2.04. The van der Waals surface area contributed by atoms with E-state index in [0.717, 1.165) is 5.56 Å². The van der Waals surface area contributed by atoms with Crippen molar-refractivity contribution in [1.29, 1.82) is 0 Å². The minimum atomic E-state index is -3.81. The summed E-state index contributed by atoms with van der Waals surface area (Å²) >= 11 is 0. The Labute approximate surface area is 208 Å². The van der Waals surface area contributed by atoms with Crippen LogP contribution in [0.3, 0.4) is 0 Å². The molecule has 0 amide bonds. The largest absolute Gasteiger partial charge is 0.497 e. The predicted octanol–water partition coefficient (Wildman–Crippen LogP) is 2.29. The van der Waals surface area contributed by atoms with Gasteiger partial charge in [0, 0.05) is 17.3 Å². The van der Waals surface area contributed by atoms with Crippen LogP contribution in [0.5, 0.6) is 5.75 Å². The van der Waals surface area contributed by atoms with Gasteiger partial charge in [-0.05, 0) is 72.8 Å². The van der Waals surface area contributed by atoms with Gasteiger partial charge in [-0.3, -0.25) is 5.43 Å². The van der Waals surface area contributed by atoms with Gasteiger partial charge in [0.05, 0.1) is 34.5 Å². The van der Waals surface area contributed by atoms with Crippen molar-refractivity contribution in [3.05, 3.63) is 84.6 Å². The van der Waals surface area contributed by atoms with Gasteiger partial charge in [-0.15, -0.1) is 0 Å². The van der Waals surface area contributed by atoms with Crippen LogP contribution in [0.2, 0.25) is 0 Å². The van der Waals surface area contributed by atoms with Crippen molar-refractivity contribution >= 4 is 31.9 Å². The highest BCUT2D eigenvalue weighted by atomic mass is 32.2. The Hall–Kier alpha value is -4.04. The SMILES string of the molecule is COc1ccc(-c2nn(-c3ccc(S(N)(=O)=O)cc3)cc2/C=N\Nc2ccc(S(N)(=O)=O)cc2)cc1. The lowest BCUT2D eigenvalue weighted by atomic mass is 10.1. The van der Waals surface area contributed by atoms with E-state index in [-0.39, 0.29) is 9.79 Å². The number of nitrogens with one attached hydrogen (secondary N) is 1. The zero-order valence-corrected chi connectivity index (χ0v) is 20.6. The average molecular weight is 527 g/mol. The van der Waals surface area contributed by atoms with Gasteiger partial charge in [0.1, 0.15) is 11.4 Å². The van der Waals surface area contributed by atoms with Crippen LogP contribution < -0.4 is 20.4 Å². The topological polar surface area (TPSA) is 172 Å². The number of hydrogen-bond donors (Lipinski definition) is 3. The summed E-state index contributed by atoms with van der Waals surface area (Å²) in [4.78, 5) is -0.0122. The summed E-state index contributed by atoms with van der Waals surface area (Å²) in [7, 11) is -6.02. The van der Waals surface area contributed by atoms with Crippen LogP contribution in [0.4, 0.5) is 5.69 Å². The first-order chi connectivity index (χ1) is 17.0. The molecule has 0 unspecified atom stereocenters. The lowest BCUT2D eigenvalue weighted by Crippen LogP contribution is -2.12. The summed E-state index contributed by atoms with van der Waals surface area (Å²) < 4.78 is 52.8. The Balaban J connectivity index is 1.66. The molecule has 36 heavy (non-hydrogen) atoms. The van der Waals surface area contributed by atoms with E-state index in [9.17, 15) is 16.8 Å². The van der Waals surface area contributed by atoms with Gasteiger partial charge >= 0.3 is 0 Å². The highest BCUT2D eigenvalue weighted by molar-refractivity contribution is 7.89. The van der Waals surface area contributed by atoms with Crippen LogP contribution in [-0.4, -0.2) is 39.9 Å². The lowest BCUT2D eigenvalue weighted by molar-refractivity contribution is 0.415. The molecule has 5 N–H and O–H groups in total. The van der Waals surface area contributed by atoms with Gasteiger partial charge in [0.2, 0.25) is 20.0 Å². The first kappa shape index (κ1) is 25.1. The van der Waals surface area contributed by atoms with Crippen LogP contribution in [0.25, 0.3) is 16.9 Å². The molecule has 186 valence electrons. The summed E-state index contributed by atoms with van der Waals surface area (Å²) in [5, 5.41) is 19.2. The number of anilines is 1. The van der Waals surface area contributed by atoms with Crippen molar-refractivity contribution in [2.45, 2.75) is 9.79 Å². The Morgan fingerprint density at radius 3 is 1.94 bits per heavy atom. The number of sulfonamides is 2. The van der Waals surface area contributed by atoms with Crippen molar-refractivity contribution in [3.8, 4) is 22.7 Å². The smallest absolute Gasteiger partial charge is 0.238 e. The molecular formula is C23H22N6O5S2. The summed E-state index contributed by atoms with van der Waals surface area (Å²) in [6.45, 7) is 0. The molecule has 0 aliphatic heterocycles. The van der Waals surface area contributed by atoms with Crippen LogP contribution >= 0.6 is 0 Å². The second-order valence-corrected chi connectivity index (χ2v) is 10.7. The third kappa shape index (κ3) is 5.78. The van der Waals surface area contributed by atoms with Crippen molar-refractivity contribution in [2.75, 3.05) is 12.5 Å². The minimum Gasteiger partial charge on any atom is -0.497 e. The minimum absolute atomic E-state index is 0.00597. The van der Waals surface area contributed by atoms with Gasteiger partial charge in [0.25, 0.3) is 0 Å². The molecule has 11 nitrogen and oxygen atoms in total. The molecule has 0 atom stereocenters. The Morgan fingerprint density at radius 1 is 0.861 bits per heavy atom. The van der Waals surface area contributed by atoms with Gasteiger partial charge in [0.15, 0.2) is 0 Å². The van der Waals surface area contributed by atoms with Gasteiger partial charge in [-0.2, -0.15) is 10.2 Å². The second-order valence-electron chi connectivity index (χ2n) is 7.58. The van der Waals surface area contributed by atoms with Crippen LogP contribution in [0, 0.1) is 0 Å². The average Bonchev–Trinajstić information content (AvgIpc) is 3.27. The fraction of sp³-hybridized carbons (Fsp3) is 0.0435. The zero-order valence-electron chi connectivity index (χ0n) is 18.9. The molecule has 4 aromatic rings. The van der Waals surface area contributed by atoms with Crippen molar-refractivity contribution < 1.29 is 21.6 Å². The number of methoxy groups -OCH3 is 1. The number of nitrogens with zero attached hydrogens (tertiary/aromatic N) is 3. The monoisotopic (exact) mass is 526 g/mol. The van der Waals surface area contributed by atoms with Gasteiger partial charge in [-0.25, -0.2) is 31.8 Å². The third-order valence-electron chi connectivity index (χ3n) is 5.12. The maximum Gasteiger partial charge on any atom is 0.238 e. The number of benzene rings is 3. The maximum atomic E-state index is 11.6. The molecule has 3 aromatic carbocycles. The number of aromatic nitrogens is 2. The maximum absolute atomic E-state index is 11.6. The van der Waals surface area contributed by atoms with E-state index in [2.05, 4.69) is 15.6 Å². The summed E-state index contributed by atoms with van der Waals surface area (Å²) in [5.41, 5.74) is 6.08. The highest BCUT2D eigenvalue weighted by Crippen LogP contribution is 2.25. The fourth-order valence-electron chi connectivity index (χ4n) is 3.27. The molecule has 0 aliphatic carbocycles. The number of ether oxygens (including phenoxy) is 1. The first-order valence-corrected chi connectivity index (χ1v) is 13.4. The van der Waals surface area contributed by atoms with E-state index in [1.54, 1.807) is 36.3 Å². The van der Waals surface area contributed by atoms with Crippen LogP contribution in [0.15, 0.2) is 93.9 Å². The quantitative estimate of drug-likeness (QED) is 0.233. The molecule has 1 heterocycles. The second kappa shape index (κ2) is 9.91. The van der Waals surface area contributed by atoms with E-state index in [0.29, 0.717) is 28.4 Å². The normalized spacial score (nSPS) is 12.1. The highest BCUT2D eigenvalue weighted by Gasteiger charge is 2.13. The molecule has 0 bridgehead atoms. The van der Waals surface area contributed by atoms with Gasteiger partial charge in [-0.1, -0.05) is 0 Å². The summed E-state index contributed by atoms with van der Waals surface area (Å²) in [6, 6.07) is 19.1. The van der Waals surface area contributed by atoms with Crippen molar-refractivity contribution in [2.24, 2.45) is 15.4 Å². The first-order valence-electron chi connectivity index (χ1n) is 10.3.